The van der Waals surface area contributed by atoms with Gasteiger partial charge in [-0.1, -0.05) is 17.7 Å². The number of methoxy groups -OCH3 is 1. The van der Waals surface area contributed by atoms with E-state index in [0.29, 0.717) is 17.3 Å². The number of hydrogen-bond donors (Lipinski definition) is 2. The molecule has 5 heteroatoms. The third-order valence-electron chi connectivity index (χ3n) is 2.52. The Labute approximate surface area is 111 Å². The highest BCUT2D eigenvalue weighted by molar-refractivity contribution is 6.32. The summed E-state index contributed by atoms with van der Waals surface area (Å²) in [6, 6.07) is 1.85. The van der Waals surface area contributed by atoms with E-state index in [9.17, 15) is 4.79 Å². The molecule has 1 rings (SSSR count). The van der Waals surface area contributed by atoms with E-state index in [4.69, 9.17) is 21.4 Å². The lowest BCUT2D eigenvalue weighted by molar-refractivity contribution is -0.131. The molecule has 0 saturated heterocycles. The van der Waals surface area contributed by atoms with E-state index < -0.39 is 5.97 Å². The van der Waals surface area contributed by atoms with Crippen molar-refractivity contribution in [1.82, 2.24) is 0 Å². The van der Waals surface area contributed by atoms with Gasteiger partial charge in [0.1, 0.15) is 5.75 Å². The van der Waals surface area contributed by atoms with E-state index in [0.717, 1.165) is 22.9 Å². The molecule has 0 aliphatic rings. The standard InChI is InChI=1S/C13H16ClNO3/c1-8-7-10(18-3)13(9(2)12(8)14)15-6-4-5-11(16)17/h4-5,7,15H,6H2,1-3H3,(H,16,17)/b5-4+. The van der Waals surface area contributed by atoms with E-state index in [2.05, 4.69) is 5.32 Å². The maximum Gasteiger partial charge on any atom is 0.328 e. The molecular weight excluding hydrogens is 254 g/mol. The number of nitrogens with one attached hydrogen (secondary N) is 1. The summed E-state index contributed by atoms with van der Waals surface area (Å²) >= 11 is 6.17. The Morgan fingerprint density at radius 2 is 2.22 bits per heavy atom. The summed E-state index contributed by atoms with van der Waals surface area (Å²) in [5.41, 5.74) is 2.61. The van der Waals surface area contributed by atoms with Gasteiger partial charge in [-0.25, -0.2) is 4.79 Å². The minimum absolute atomic E-state index is 0.392. The van der Waals surface area contributed by atoms with Crippen LogP contribution >= 0.6 is 11.6 Å². The van der Waals surface area contributed by atoms with Gasteiger partial charge in [0.25, 0.3) is 0 Å². The highest BCUT2D eigenvalue weighted by Crippen LogP contribution is 2.35. The van der Waals surface area contributed by atoms with Gasteiger partial charge in [-0.2, -0.15) is 0 Å². The number of anilines is 1. The zero-order valence-corrected chi connectivity index (χ0v) is 11.3. The van der Waals surface area contributed by atoms with Crippen LogP contribution in [0.3, 0.4) is 0 Å². The fourth-order valence-corrected chi connectivity index (χ4v) is 1.77. The number of carboxylic acid groups (broad SMARTS) is 1. The van der Waals surface area contributed by atoms with Crippen LogP contribution in [0.25, 0.3) is 0 Å². The van der Waals surface area contributed by atoms with Gasteiger partial charge in [0.05, 0.1) is 12.8 Å². The van der Waals surface area contributed by atoms with Gasteiger partial charge in [0.15, 0.2) is 0 Å². The van der Waals surface area contributed by atoms with Crippen molar-refractivity contribution in [3.05, 3.63) is 34.4 Å². The van der Waals surface area contributed by atoms with Gasteiger partial charge in [-0.05, 0) is 31.0 Å². The first kappa shape index (κ1) is 14.4. The average molecular weight is 270 g/mol. The maximum absolute atomic E-state index is 10.3. The molecular formula is C13H16ClNO3. The van der Waals surface area contributed by atoms with Crippen LogP contribution in [0, 0.1) is 13.8 Å². The van der Waals surface area contributed by atoms with Crippen LogP contribution in [-0.2, 0) is 4.79 Å². The summed E-state index contributed by atoms with van der Waals surface area (Å²) in [7, 11) is 1.58. The van der Waals surface area contributed by atoms with E-state index in [1.807, 2.05) is 19.9 Å². The molecule has 18 heavy (non-hydrogen) atoms. The van der Waals surface area contributed by atoms with Crippen LogP contribution in [0.1, 0.15) is 11.1 Å². The van der Waals surface area contributed by atoms with Crippen molar-refractivity contribution in [3.63, 3.8) is 0 Å². The van der Waals surface area contributed by atoms with Crippen molar-refractivity contribution in [2.45, 2.75) is 13.8 Å². The molecule has 0 aliphatic carbocycles. The highest BCUT2D eigenvalue weighted by Gasteiger charge is 2.11. The summed E-state index contributed by atoms with van der Waals surface area (Å²) in [5, 5.41) is 12.3. The number of benzene rings is 1. The summed E-state index contributed by atoms with van der Waals surface area (Å²) in [6.07, 6.45) is 2.61. The predicted molar refractivity (Wildman–Crippen MR) is 72.7 cm³/mol. The Bertz CT molecular complexity index is 484. The maximum atomic E-state index is 10.3. The van der Waals surface area contributed by atoms with Crippen LogP contribution in [0.15, 0.2) is 18.2 Å². The zero-order valence-electron chi connectivity index (χ0n) is 10.6. The molecule has 0 saturated carbocycles. The molecule has 0 radical (unpaired) electrons. The monoisotopic (exact) mass is 269 g/mol. The molecule has 0 amide bonds. The van der Waals surface area contributed by atoms with Crippen LogP contribution < -0.4 is 10.1 Å². The Balaban J connectivity index is 2.94. The number of rotatable bonds is 5. The van der Waals surface area contributed by atoms with Crippen molar-refractivity contribution in [1.29, 1.82) is 0 Å². The molecule has 0 fully saturated rings. The van der Waals surface area contributed by atoms with Crippen molar-refractivity contribution in [2.75, 3.05) is 19.0 Å². The van der Waals surface area contributed by atoms with Gasteiger partial charge in [0, 0.05) is 17.6 Å². The number of halogens is 1. The SMILES string of the molecule is COc1cc(C)c(Cl)c(C)c1NC/C=C/C(=O)O. The fraction of sp³-hybridized carbons (Fsp3) is 0.308. The summed E-state index contributed by atoms with van der Waals surface area (Å²) in [4.78, 5) is 10.3. The first-order valence-electron chi connectivity index (χ1n) is 5.44. The van der Waals surface area contributed by atoms with Crippen molar-refractivity contribution in [2.24, 2.45) is 0 Å². The number of hydrogen-bond acceptors (Lipinski definition) is 3. The minimum Gasteiger partial charge on any atom is -0.495 e. The van der Waals surface area contributed by atoms with E-state index in [-0.39, 0.29) is 0 Å². The normalized spacial score (nSPS) is 10.7. The fourth-order valence-electron chi connectivity index (χ4n) is 1.62. The largest absolute Gasteiger partial charge is 0.495 e. The molecule has 0 bridgehead atoms. The topological polar surface area (TPSA) is 58.6 Å². The number of aryl methyl sites for hydroxylation is 1. The van der Waals surface area contributed by atoms with Crippen LogP contribution in [0.2, 0.25) is 5.02 Å². The molecule has 0 unspecified atom stereocenters. The van der Waals surface area contributed by atoms with Gasteiger partial charge in [-0.15, -0.1) is 0 Å². The lowest BCUT2D eigenvalue weighted by Gasteiger charge is -2.15. The van der Waals surface area contributed by atoms with E-state index in [1.54, 1.807) is 7.11 Å². The molecule has 0 aliphatic heterocycles. The molecule has 1 aromatic carbocycles. The number of carbonyl (C=O) groups is 1. The van der Waals surface area contributed by atoms with Crippen LogP contribution in [0.5, 0.6) is 5.75 Å². The summed E-state index contributed by atoms with van der Waals surface area (Å²) in [5.74, 6) is -0.277. The molecule has 4 nitrogen and oxygen atoms in total. The Morgan fingerprint density at radius 3 is 2.78 bits per heavy atom. The van der Waals surface area contributed by atoms with E-state index in [1.165, 1.54) is 6.08 Å². The minimum atomic E-state index is -0.970. The van der Waals surface area contributed by atoms with Crippen molar-refractivity contribution < 1.29 is 14.6 Å². The Hall–Kier alpha value is -1.68. The molecule has 0 aromatic heterocycles. The second-order valence-electron chi connectivity index (χ2n) is 3.83. The smallest absolute Gasteiger partial charge is 0.328 e. The first-order chi connectivity index (χ1) is 8.47. The number of ether oxygens (including phenoxy) is 1. The molecule has 2 N–H and O–H groups in total. The number of carboxylic acids is 1. The Morgan fingerprint density at radius 1 is 1.56 bits per heavy atom. The van der Waals surface area contributed by atoms with Crippen LogP contribution in [-0.4, -0.2) is 24.7 Å². The quantitative estimate of drug-likeness (QED) is 0.807. The lowest BCUT2D eigenvalue weighted by Crippen LogP contribution is -2.04. The Kier molecular flexibility index (Phi) is 5.04. The first-order valence-corrected chi connectivity index (χ1v) is 5.82. The zero-order chi connectivity index (χ0) is 13.7. The van der Waals surface area contributed by atoms with Gasteiger partial charge >= 0.3 is 5.97 Å². The van der Waals surface area contributed by atoms with Crippen molar-refractivity contribution >= 4 is 23.3 Å². The molecule has 0 atom stereocenters. The number of aliphatic carboxylic acids is 1. The predicted octanol–water partition coefficient (Wildman–Crippen LogP) is 3.02. The van der Waals surface area contributed by atoms with Gasteiger partial charge in [0.2, 0.25) is 0 Å². The molecule has 0 heterocycles. The van der Waals surface area contributed by atoms with Gasteiger partial charge < -0.3 is 15.2 Å². The molecule has 1 aromatic rings. The van der Waals surface area contributed by atoms with Crippen LogP contribution in [0.4, 0.5) is 5.69 Å². The lowest BCUT2D eigenvalue weighted by atomic mass is 10.1. The molecule has 0 spiro atoms. The third-order valence-corrected chi connectivity index (χ3v) is 3.10. The van der Waals surface area contributed by atoms with Crippen molar-refractivity contribution in [3.8, 4) is 5.75 Å². The third kappa shape index (κ3) is 3.40. The summed E-state index contributed by atoms with van der Waals surface area (Å²) < 4.78 is 5.28. The highest BCUT2D eigenvalue weighted by atomic mass is 35.5. The van der Waals surface area contributed by atoms with E-state index >= 15 is 0 Å². The summed E-state index contributed by atoms with van der Waals surface area (Å²) in [6.45, 7) is 4.19. The average Bonchev–Trinajstić information content (AvgIpc) is 2.33. The van der Waals surface area contributed by atoms with Gasteiger partial charge in [-0.3, -0.25) is 0 Å². The second kappa shape index (κ2) is 6.31. The second-order valence-corrected chi connectivity index (χ2v) is 4.21. The molecule has 98 valence electrons.